The van der Waals surface area contributed by atoms with E-state index in [4.69, 9.17) is 24.3 Å². The van der Waals surface area contributed by atoms with Crippen LogP contribution in [0.4, 0.5) is 11.4 Å². The van der Waals surface area contributed by atoms with Gasteiger partial charge in [-0.15, -0.1) is 0 Å². The number of rotatable bonds is 31. The van der Waals surface area contributed by atoms with E-state index in [1.165, 1.54) is 69.9 Å². The largest absolute Gasteiger partial charge is 0.472 e. The first-order chi connectivity index (χ1) is 24.2. The molecule has 0 amide bonds. The molecular formula is C33H56N5O11P. The zero-order chi connectivity index (χ0) is 36.5. The Morgan fingerprint density at radius 3 is 2.08 bits per heavy atom. The SMILES string of the molecule is CCCCCCCCCCCCCCCC(=O)OC[C@H](COP(=O)(O)OCCN)OC(=O)CCCCCNc1ccc([N+](=O)[O-])c2nonc12. The first-order valence-corrected chi connectivity index (χ1v) is 19.5. The molecule has 2 atom stereocenters. The van der Waals surface area contributed by atoms with Gasteiger partial charge in [0, 0.05) is 32.0 Å². The van der Waals surface area contributed by atoms with Gasteiger partial charge in [0.05, 0.1) is 23.8 Å². The minimum atomic E-state index is -4.44. The summed E-state index contributed by atoms with van der Waals surface area (Å²) in [5, 5.41) is 21.6. The quantitative estimate of drug-likeness (QED) is 0.0230. The highest BCUT2D eigenvalue weighted by Gasteiger charge is 2.26. The van der Waals surface area contributed by atoms with Gasteiger partial charge in [-0.05, 0) is 35.6 Å². The summed E-state index contributed by atoms with van der Waals surface area (Å²) in [7, 11) is -4.44. The van der Waals surface area contributed by atoms with Gasteiger partial charge in [-0.1, -0.05) is 90.4 Å². The van der Waals surface area contributed by atoms with E-state index in [2.05, 4.69) is 27.2 Å². The number of hydrogen-bond donors (Lipinski definition) is 3. The van der Waals surface area contributed by atoms with Crippen molar-refractivity contribution in [2.75, 3.05) is 38.2 Å². The second kappa shape index (κ2) is 25.7. The zero-order valence-electron chi connectivity index (χ0n) is 29.4. The van der Waals surface area contributed by atoms with Crippen LogP contribution in [0.15, 0.2) is 16.8 Å². The number of nitro groups is 1. The smallest absolute Gasteiger partial charge is 0.462 e. The molecule has 0 aliphatic heterocycles. The van der Waals surface area contributed by atoms with Gasteiger partial charge in [0.1, 0.15) is 6.61 Å². The Labute approximate surface area is 294 Å². The zero-order valence-corrected chi connectivity index (χ0v) is 30.3. The molecule has 16 nitrogen and oxygen atoms in total. The number of phosphoric acid groups is 1. The van der Waals surface area contributed by atoms with E-state index >= 15 is 0 Å². The molecule has 0 radical (unpaired) electrons. The van der Waals surface area contributed by atoms with Crippen molar-refractivity contribution >= 4 is 42.2 Å². The van der Waals surface area contributed by atoms with Crippen LogP contribution in [0.25, 0.3) is 11.0 Å². The first-order valence-electron chi connectivity index (χ1n) is 18.0. The van der Waals surface area contributed by atoms with Crippen LogP contribution in [0.1, 0.15) is 122 Å². The summed E-state index contributed by atoms with van der Waals surface area (Å²) >= 11 is 0. The number of fused-ring (bicyclic) bond motifs is 1. The fourth-order valence-corrected chi connectivity index (χ4v) is 5.99. The summed E-state index contributed by atoms with van der Waals surface area (Å²) < 4.78 is 37.2. The number of nitrogens with two attached hydrogens (primary N) is 1. The molecule has 1 heterocycles. The number of non-ortho nitro benzene ring substituents is 1. The molecule has 2 rings (SSSR count). The molecule has 1 aromatic carbocycles. The molecule has 0 bridgehead atoms. The lowest BCUT2D eigenvalue weighted by Crippen LogP contribution is -2.29. The summed E-state index contributed by atoms with van der Waals surface area (Å²) in [6, 6.07) is 2.85. The van der Waals surface area contributed by atoms with E-state index < -0.39 is 37.4 Å². The first kappa shape index (κ1) is 43.0. The maximum Gasteiger partial charge on any atom is 0.472 e. The van der Waals surface area contributed by atoms with Crippen LogP contribution in [0, 0.1) is 10.1 Å². The molecule has 0 spiro atoms. The fraction of sp³-hybridized carbons (Fsp3) is 0.758. The van der Waals surface area contributed by atoms with Crippen LogP contribution >= 0.6 is 7.82 Å². The van der Waals surface area contributed by atoms with Crippen molar-refractivity contribution in [3.63, 3.8) is 0 Å². The van der Waals surface area contributed by atoms with E-state index in [9.17, 15) is 29.2 Å². The summed E-state index contributed by atoms with van der Waals surface area (Å²) in [6.45, 7) is 1.69. The normalized spacial score (nSPS) is 13.2. The Hall–Kier alpha value is -3.17. The fourth-order valence-electron chi connectivity index (χ4n) is 5.23. The number of phosphoric ester groups is 1. The second-order valence-corrected chi connectivity index (χ2v) is 13.7. The Bertz CT molecular complexity index is 1310. The highest BCUT2D eigenvalue weighted by molar-refractivity contribution is 7.47. The number of nitro benzene ring substituents is 1. The number of benzene rings is 1. The molecule has 0 aliphatic rings. The lowest BCUT2D eigenvalue weighted by molar-refractivity contribution is -0.383. The van der Waals surface area contributed by atoms with Gasteiger partial charge in [0.15, 0.2) is 11.6 Å². The monoisotopic (exact) mass is 729 g/mol. The van der Waals surface area contributed by atoms with Crippen LogP contribution < -0.4 is 11.1 Å². The number of anilines is 1. The van der Waals surface area contributed by atoms with E-state index in [0.29, 0.717) is 37.9 Å². The molecule has 284 valence electrons. The highest BCUT2D eigenvalue weighted by atomic mass is 31.2. The molecule has 1 unspecified atom stereocenters. The molecule has 1 aromatic heterocycles. The predicted molar refractivity (Wildman–Crippen MR) is 187 cm³/mol. The Morgan fingerprint density at radius 2 is 1.46 bits per heavy atom. The lowest BCUT2D eigenvalue weighted by atomic mass is 10.0. The van der Waals surface area contributed by atoms with Crippen LogP contribution in [0.2, 0.25) is 0 Å². The van der Waals surface area contributed by atoms with Crippen molar-refractivity contribution in [3.05, 3.63) is 22.2 Å². The van der Waals surface area contributed by atoms with Crippen molar-refractivity contribution < 1.29 is 47.1 Å². The molecular weight excluding hydrogens is 673 g/mol. The number of esters is 2. The maximum absolute atomic E-state index is 12.6. The van der Waals surface area contributed by atoms with Crippen molar-refractivity contribution in [3.8, 4) is 0 Å². The van der Waals surface area contributed by atoms with Gasteiger partial charge >= 0.3 is 25.4 Å². The molecule has 0 aliphatic carbocycles. The van der Waals surface area contributed by atoms with Crippen molar-refractivity contribution in [1.82, 2.24) is 10.3 Å². The number of hydrogen-bond acceptors (Lipinski definition) is 14. The number of carbonyl (C=O) groups is 2. The number of unbranched alkanes of at least 4 members (excludes halogenated alkanes) is 14. The van der Waals surface area contributed by atoms with Crippen LogP contribution in [-0.2, 0) is 32.7 Å². The Morgan fingerprint density at radius 1 is 0.880 bits per heavy atom. The van der Waals surface area contributed by atoms with E-state index in [0.717, 1.165) is 19.3 Å². The number of carbonyl (C=O) groups excluding carboxylic acids is 2. The molecule has 4 N–H and O–H groups in total. The maximum atomic E-state index is 12.6. The molecule has 17 heteroatoms. The summed E-state index contributed by atoms with van der Waals surface area (Å²) in [4.78, 5) is 45.4. The average Bonchev–Trinajstić information content (AvgIpc) is 3.59. The standard InChI is InChI=1S/C33H56N5O11P/c1-2-3-4-5-6-7-8-9-10-11-12-13-15-18-30(39)45-25-27(26-47-50(43,44)46-24-22-34)48-31(40)19-16-14-17-23-35-28-20-21-29(38(41)42)33-32(28)36-49-37-33/h20-21,27,35H,2-19,22-26,34H2,1H3,(H,43,44)/t27-/m1/s1. The van der Waals surface area contributed by atoms with Gasteiger partial charge < -0.3 is 25.4 Å². The van der Waals surface area contributed by atoms with Crippen LogP contribution in [0.3, 0.4) is 0 Å². The third kappa shape index (κ3) is 18.7. The second-order valence-electron chi connectivity index (χ2n) is 12.3. The molecule has 2 aromatic rings. The van der Waals surface area contributed by atoms with Crippen molar-refractivity contribution in [1.29, 1.82) is 0 Å². The van der Waals surface area contributed by atoms with Gasteiger partial charge in [0.2, 0.25) is 5.52 Å². The number of aromatic nitrogens is 2. The van der Waals surface area contributed by atoms with E-state index in [1.807, 2.05) is 0 Å². The minimum Gasteiger partial charge on any atom is -0.462 e. The molecule has 0 saturated heterocycles. The topological polar surface area (TPSA) is 228 Å². The Kier molecular flexibility index (Phi) is 22.1. The third-order valence-corrected chi connectivity index (χ3v) is 8.96. The minimum absolute atomic E-state index is 0.00822. The van der Waals surface area contributed by atoms with Gasteiger partial charge in [-0.3, -0.25) is 28.8 Å². The summed E-state index contributed by atoms with van der Waals surface area (Å²) in [6.07, 6.45) is 16.5. The predicted octanol–water partition coefficient (Wildman–Crippen LogP) is 7.13. The molecule has 0 fully saturated rings. The van der Waals surface area contributed by atoms with Gasteiger partial charge in [-0.2, -0.15) is 0 Å². The third-order valence-electron chi connectivity index (χ3n) is 7.97. The van der Waals surface area contributed by atoms with Crippen LogP contribution in [-0.4, -0.2) is 71.1 Å². The van der Waals surface area contributed by atoms with Crippen molar-refractivity contribution in [2.45, 2.75) is 129 Å². The number of ether oxygens (including phenoxy) is 2. The van der Waals surface area contributed by atoms with Gasteiger partial charge in [-0.25, -0.2) is 9.19 Å². The average molecular weight is 730 g/mol. The molecule has 50 heavy (non-hydrogen) atoms. The van der Waals surface area contributed by atoms with Crippen molar-refractivity contribution in [2.24, 2.45) is 5.73 Å². The number of nitrogens with one attached hydrogen (secondary N) is 1. The summed E-state index contributed by atoms with van der Waals surface area (Å²) in [5.41, 5.74) is 5.95. The summed E-state index contributed by atoms with van der Waals surface area (Å²) in [5.74, 6) is -1.03. The number of nitrogens with zero attached hydrogens (tertiary/aromatic N) is 3. The van der Waals surface area contributed by atoms with E-state index in [1.54, 1.807) is 0 Å². The lowest BCUT2D eigenvalue weighted by Gasteiger charge is -2.20. The molecule has 0 saturated carbocycles. The Balaban J connectivity index is 1.66. The van der Waals surface area contributed by atoms with Crippen LogP contribution in [0.5, 0.6) is 0 Å². The highest BCUT2D eigenvalue weighted by Crippen LogP contribution is 2.43. The van der Waals surface area contributed by atoms with Gasteiger partial charge in [0.25, 0.3) is 0 Å². The van der Waals surface area contributed by atoms with E-state index in [-0.39, 0.29) is 49.3 Å².